The van der Waals surface area contributed by atoms with Crippen LogP contribution >= 0.6 is 0 Å². The fourth-order valence-corrected chi connectivity index (χ4v) is 1.82. The van der Waals surface area contributed by atoms with Gasteiger partial charge in [-0.25, -0.2) is 4.79 Å². The maximum absolute atomic E-state index is 10.8. The van der Waals surface area contributed by atoms with E-state index in [4.69, 9.17) is 14.3 Å². The van der Waals surface area contributed by atoms with Crippen LogP contribution in [0.5, 0.6) is 0 Å². The number of carboxylic acids is 1. The van der Waals surface area contributed by atoms with Crippen LogP contribution < -0.4 is 5.32 Å². The number of rotatable bonds is 4. The minimum Gasteiger partial charge on any atom is -0.475 e. The van der Waals surface area contributed by atoms with E-state index in [2.05, 4.69) is 5.32 Å². The van der Waals surface area contributed by atoms with E-state index in [0.29, 0.717) is 18.2 Å². The Hall–Kier alpha value is -1.33. The van der Waals surface area contributed by atoms with Crippen LogP contribution in [0.25, 0.3) is 0 Å². The third-order valence-electron chi connectivity index (χ3n) is 2.74. The predicted molar refractivity (Wildman–Crippen MR) is 56.3 cm³/mol. The minimum absolute atomic E-state index is 0.0274. The molecule has 0 amide bonds. The molecule has 1 fully saturated rings. The number of hydrogen-bond acceptors (Lipinski definition) is 4. The highest BCUT2D eigenvalue weighted by Gasteiger charge is 2.17. The van der Waals surface area contributed by atoms with Gasteiger partial charge < -0.3 is 19.6 Å². The molecule has 1 saturated heterocycles. The largest absolute Gasteiger partial charge is 0.475 e. The molecule has 1 aliphatic rings. The zero-order valence-corrected chi connectivity index (χ0v) is 8.94. The number of furan rings is 1. The third kappa shape index (κ3) is 2.62. The summed E-state index contributed by atoms with van der Waals surface area (Å²) in [5.74, 6) is -0.992. The zero-order chi connectivity index (χ0) is 11.4. The molecule has 0 radical (unpaired) electrons. The number of aromatic carboxylic acids is 1. The van der Waals surface area contributed by atoms with Crippen molar-refractivity contribution in [3.8, 4) is 0 Å². The molecule has 0 saturated carbocycles. The Kier molecular flexibility index (Phi) is 3.58. The molecule has 2 N–H and O–H groups in total. The molecule has 0 spiro atoms. The first-order chi connectivity index (χ1) is 7.77. The smallest absolute Gasteiger partial charge is 0.372 e. The van der Waals surface area contributed by atoms with Crippen LogP contribution in [0.4, 0.5) is 0 Å². The molecule has 88 valence electrons. The second kappa shape index (κ2) is 5.14. The molecule has 0 bridgehead atoms. The molecule has 0 atom stereocenters. The van der Waals surface area contributed by atoms with Crippen LogP contribution in [0, 0.1) is 0 Å². The van der Waals surface area contributed by atoms with Gasteiger partial charge in [-0.15, -0.1) is 0 Å². The number of nitrogens with one attached hydrogen (secondary N) is 1. The fourth-order valence-electron chi connectivity index (χ4n) is 1.82. The highest BCUT2D eigenvalue weighted by Crippen LogP contribution is 2.12. The van der Waals surface area contributed by atoms with Gasteiger partial charge in [-0.1, -0.05) is 0 Å². The number of carbonyl (C=O) groups is 1. The van der Waals surface area contributed by atoms with Gasteiger partial charge in [0, 0.05) is 31.4 Å². The Morgan fingerprint density at radius 2 is 2.25 bits per heavy atom. The van der Waals surface area contributed by atoms with Crippen LogP contribution in [0.2, 0.25) is 0 Å². The van der Waals surface area contributed by atoms with Crippen molar-refractivity contribution in [3.63, 3.8) is 0 Å². The normalized spacial score (nSPS) is 17.5. The first-order valence-electron chi connectivity index (χ1n) is 5.38. The highest BCUT2D eigenvalue weighted by atomic mass is 16.5. The fraction of sp³-hybridized carbons (Fsp3) is 0.545. The summed E-state index contributed by atoms with van der Waals surface area (Å²) in [4.78, 5) is 10.8. The van der Waals surface area contributed by atoms with Gasteiger partial charge in [0.2, 0.25) is 5.76 Å². The molecule has 2 heterocycles. The van der Waals surface area contributed by atoms with Gasteiger partial charge in [0.25, 0.3) is 0 Å². The summed E-state index contributed by atoms with van der Waals surface area (Å²) in [6.07, 6.45) is 3.35. The average molecular weight is 225 g/mol. The molecular weight excluding hydrogens is 210 g/mol. The summed E-state index contributed by atoms with van der Waals surface area (Å²) < 4.78 is 10.1. The quantitative estimate of drug-likeness (QED) is 0.806. The number of carboxylic acid groups (broad SMARTS) is 1. The van der Waals surface area contributed by atoms with E-state index >= 15 is 0 Å². The van der Waals surface area contributed by atoms with Gasteiger partial charge in [-0.2, -0.15) is 0 Å². The summed E-state index contributed by atoms with van der Waals surface area (Å²) in [6, 6.07) is 2.10. The Labute approximate surface area is 93.4 Å². The average Bonchev–Trinajstić information content (AvgIpc) is 2.76. The highest BCUT2D eigenvalue weighted by molar-refractivity contribution is 5.86. The lowest BCUT2D eigenvalue weighted by molar-refractivity contribution is 0.0658. The summed E-state index contributed by atoms with van der Waals surface area (Å²) >= 11 is 0. The minimum atomic E-state index is -1.02. The van der Waals surface area contributed by atoms with E-state index in [-0.39, 0.29) is 5.76 Å². The second-order valence-corrected chi connectivity index (χ2v) is 3.85. The summed E-state index contributed by atoms with van der Waals surface area (Å²) in [7, 11) is 0. The topological polar surface area (TPSA) is 71.7 Å². The van der Waals surface area contributed by atoms with Crippen molar-refractivity contribution in [2.24, 2.45) is 0 Å². The maximum atomic E-state index is 10.8. The number of ether oxygens (including phenoxy) is 1. The van der Waals surface area contributed by atoms with Gasteiger partial charge in [-0.05, 0) is 18.9 Å². The van der Waals surface area contributed by atoms with E-state index in [1.54, 1.807) is 6.07 Å². The van der Waals surface area contributed by atoms with Crippen LogP contribution in [-0.2, 0) is 11.3 Å². The van der Waals surface area contributed by atoms with Crippen molar-refractivity contribution in [2.75, 3.05) is 13.2 Å². The molecule has 1 aliphatic heterocycles. The van der Waals surface area contributed by atoms with E-state index in [9.17, 15) is 4.79 Å². The van der Waals surface area contributed by atoms with E-state index in [1.807, 2.05) is 0 Å². The monoisotopic (exact) mass is 225 g/mol. The second-order valence-electron chi connectivity index (χ2n) is 3.85. The Morgan fingerprint density at radius 1 is 1.50 bits per heavy atom. The van der Waals surface area contributed by atoms with Gasteiger partial charge >= 0.3 is 5.97 Å². The lowest BCUT2D eigenvalue weighted by atomic mass is 10.1. The van der Waals surface area contributed by atoms with Gasteiger partial charge in [0.15, 0.2) is 0 Å². The molecule has 5 nitrogen and oxygen atoms in total. The summed E-state index contributed by atoms with van der Waals surface area (Å²) in [5, 5.41) is 12.2. The Bertz CT molecular complexity index is 355. The van der Waals surface area contributed by atoms with E-state index in [1.165, 1.54) is 6.26 Å². The Morgan fingerprint density at radius 3 is 2.94 bits per heavy atom. The Balaban J connectivity index is 1.88. The van der Waals surface area contributed by atoms with Crippen molar-refractivity contribution in [3.05, 3.63) is 23.7 Å². The molecule has 2 rings (SSSR count). The predicted octanol–water partition coefficient (Wildman–Crippen LogP) is 1.25. The van der Waals surface area contributed by atoms with Crippen LogP contribution in [0.15, 0.2) is 16.7 Å². The lowest BCUT2D eigenvalue weighted by Gasteiger charge is -2.22. The van der Waals surface area contributed by atoms with Crippen molar-refractivity contribution in [2.45, 2.75) is 25.4 Å². The van der Waals surface area contributed by atoms with Crippen molar-refractivity contribution in [1.29, 1.82) is 0 Å². The summed E-state index contributed by atoms with van der Waals surface area (Å²) in [6.45, 7) is 2.08. The van der Waals surface area contributed by atoms with Gasteiger partial charge in [0.1, 0.15) is 0 Å². The zero-order valence-electron chi connectivity index (χ0n) is 8.94. The van der Waals surface area contributed by atoms with Gasteiger partial charge in [0.05, 0.1) is 6.26 Å². The molecule has 1 aromatic heterocycles. The third-order valence-corrected chi connectivity index (χ3v) is 2.74. The first kappa shape index (κ1) is 11.2. The van der Waals surface area contributed by atoms with Crippen molar-refractivity contribution in [1.82, 2.24) is 5.32 Å². The summed E-state index contributed by atoms with van der Waals surface area (Å²) in [5.41, 5.74) is 0.694. The van der Waals surface area contributed by atoms with Crippen LogP contribution in [-0.4, -0.2) is 30.3 Å². The first-order valence-corrected chi connectivity index (χ1v) is 5.38. The SMILES string of the molecule is O=C(O)c1occc1CNC1CCOCC1. The van der Waals surface area contributed by atoms with E-state index < -0.39 is 5.97 Å². The molecule has 5 heteroatoms. The van der Waals surface area contributed by atoms with E-state index in [0.717, 1.165) is 26.1 Å². The van der Waals surface area contributed by atoms with Crippen LogP contribution in [0.1, 0.15) is 29.0 Å². The lowest BCUT2D eigenvalue weighted by Crippen LogP contribution is -2.34. The molecule has 0 aromatic carbocycles. The van der Waals surface area contributed by atoms with Crippen LogP contribution in [0.3, 0.4) is 0 Å². The standard InChI is InChI=1S/C11H15NO4/c13-11(14)10-8(1-6-16-10)7-12-9-2-4-15-5-3-9/h1,6,9,12H,2-5,7H2,(H,13,14). The molecule has 0 unspecified atom stereocenters. The molecule has 1 aromatic rings. The molecule has 16 heavy (non-hydrogen) atoms. The molecule has 0 aliphatic carbocycles. The van der Waals surface area contributed by atoms with Crippen molar-refractivity contribution >= 4 is 5.97 Å². The van der Waals surface area contributed by atoms with Crippen molar-refractivity contribution < 1.29 is 19.1 Å². The maximum Gasteiger partial charge on any atom is 0.372 e. The molecular formula is C11H15NO4. The number of hydrogen-bond donors (Lipinski definition) is 2. The van der Waals surface area contributed by atoms with Gasteiger partial charge in [-0.3, -0.25) is 0 Å².